The lowest BCUT2D eigenvalue weighted by atomic mass is 9.77. The van der Waals surface area contributed by atoms with Gasteiger partial charge in [0, 0.05) is 9.37 Å². The molecule has 0 unspecified atom stereocenters. The molecule has 1 saturated carbocycles. The average Bonchev–Trinajstić information content (AvgIpc) is 2.33. The van der Waals surface area contributed by atoms with Gasteiger partial charge in [-0.05, 0) is 43.5 Å². The van der Waals surface area contributed by atoms with Crippen LogP contribution in [0.4, 0.5) is 0 Å². The van der Waals surface area contributed by atoms with E-state index >= 15 is 0 Å². The molecule has 2 rings (SSSR count). The molecule has 0 aromatic heterocycles. The lowest BCUT2D eigenvalue weighted by Crippen LogP contribution is -2.56. The molecule has 1 aromatic rings. The van der Waals surface area contributed by atoms with Crippen molar-refractivity contribution in [2.24, 2.45) is 0 Å². The molecule has 1 aromatic carbocycles. The van der Waals surface area contributed by atoms with Crippen molar-refractivity contribution in [1.82, 2.24) is 5.32 Å². The second kappa shape index (κ2) is 6.08. The maximum Gasteiger partial charge on any atom is 0.230 e. The third-order valence-electron chi connectivity index (χ3n) is 3.20. The Morgan fingerprint density at radius 3 is 2.56 bits per heavy atom. The molecule has 1 aliphatic rings. The maximum atomic E-state index is 11.8. The van der Waals surface area contributed by atoms with E-state index in [9.17, 15) is 9.90 Å². The summed E-state index contributed by atoms with van der Waals surface area (Å²) < 4.78 is 1.03. The fraction of sp³-hybridized carbons (Fsp3) is 0.462. The van der Waals surface area contributed by atoms with Crippen molar-refractivity contribution in [2.75, 3.05) is 12.4 Å². The van der Waals surface area contributed by atoms with E-state index in [1.54, 1.807) is 0 Å². The predicted molar refractivity (Wildman–Crippen MR) is 76.7 cm³/mol. The number of nitrogens with one attached hydrogen (secondary N) is 1. The van der Waals surface area contributed by atoms with Gasteiger partial charge in [0.2, 0.25) is 5.91 Å². The number of amides is 1. The first-order chi connectivity index (χ1) is 8.63. The largest absolute Gasteiger partial charge is 0.394 e. The molecular formula is C13H16BrNO2S. The third kappa shape index (κ3) is 3.49. The van der Waals surface area contributed by atoms with Crippen LogP contribution in [0, 0.1) is 0 Å². The number of carbonyl (C=O) groups excluding carboxylic acids is 1. The van der Waals surface area contributed by atoms with E-state index in [4.69, 9.17) is 0 Å². The zero-order valence-corrected chi connectivity index (χ0v) is 12.4. The monoisotopic (exact) mass is 329 g/mol. The van der Waals surface area contributed by atoms with E-state index in [1.165, 1.54) is 11.8 Å². The highest BCUT2D eigenvalue weighted by Crippen LogP contribution is 2.31. The minimum absolute atomic E-state index is 0.00308. The lowest BCUT2D eigenvalue weighted by Gasteiger charge is -2.40. The number of aliphatic hydroxyl groups is 1. The van der Waals surface area contributed by atoms with Crippen molar-refractivity contribution in [1.29, 1.82) is 0 Å². The van der Waals surface area contributed by atoms with Crippen LogP contribution in [0.3, 0.4) is 0 Å². The second-order valence-corrected chi connectivity index (χ2v) is 6.55. The van der Waals surface area contributed by atoms with Gasteiger partial charge in [0.05, 0.1) is 17.9 Å². The Labute approximate surface area is 119 Å². The van der Waals surface area contributed by atoms with E-state index in [0.29, 0.717) is 5.75 Å². The summed E-state index contributed by atoms with van der Waals surface area (Å²) in [7, 11) is 0. The molecular weight excluding hydrogens is 314 g/mol. The van der Waals surface area contributed by atoms with Gasteiger partial charge in [-0.25, -0.2) is 0 Å². The van der Waals surface area contributed by atoms with E-state index < -0.39 is 0 Å². The minimum Gasteiger partial charge on any atom is -0.394 e. The molecule has 1 fully saturated rings. The number of aliphatic hydroxyl groups excluding tert-OH is 1. The summed E-state index contributed by atoms with van der Waals surface area (Å²) in [6.45, 7) is 0.0433. The van der Waals surface area contributed by atoms with Crippen LogP contribution in [0.15, 0.2) is 33.6 Å². The smallest absolute Gasteiger partial charge is 0.230 e. The zero-order valence-electron chi connectivity index (χ0n) is 9.99. The molecule has 18 heavy (non-hydrogen) atoms. The normalized spacial score (nSPS) is 17.0. The van der Waals surface area contributed by atoms with Gasteiger partial charge in [-0.3, -0.25) is 4.79 Å². The molecule has 98 valence electrons. The summed E-state index contributed by atoms with van der Waals surface area (Å²) in [4.78, 5) is 12.9. The van der Waals surface area contributed by atoms with Crippen molar-refractivity contribution in [2.45, 2.75) is 29.7 Å². The summed E-state index contributed by atoms with van der Waals surface area (Å²) in [6, 6.07) is 7.88. The summed E-state index contributed by atoms with van der Waals surface area (Å²) in [5.74, 6) is 0.389. The molecule has 1 aliphatic carbocycles. The van der Waals surface area contributed by atoms with Crippen LogP contribution in [0.5, 0.6) is 0 Å². The number of hydrogen-bond donors (Lipinski definition) is 2. The average molecular weight is 330 g/mol. The number of benzene rings is 1. The van der Waals surface area contributed by atoms with Gasteiger partial charge in [0.15, 0.2) is 0 Å². The first-order valence-corrected chi connectivity index (χ1v) is 7.72. The Hall–Kier alpha value is -0.520. The molecule has 3 nitrogen and oxygen atoms in total. The van der Waals surface area contributed by atoms with Gasteiger partial charge in [-0.1, -0.05) is 15.9 Å². The molecule has 0 radical (unpaired) electrons. The van der Waals surface area contributed by atoms with Crippen molar-refractivity contribution in [3.63, 3.8) is 0 Å². The molecule has 0 spiro atoms. The molecule has 5 heteroatoms. The van der Waals surface area contributed by atoms with E-state index in [-0.39, 0.29) is 18.1 Å². The molecule has 2 N–H and O–H groups in total. The second-order valence-electron chi connectivity index (χ2n) is 4.58. The molecule has 0 saturated heterocycles. The van der Waals surface area contributed by atoms with Crippen LogP contribution in [-0.2, 0) is 4.79 Å². The first kappa shape index (κ1) is 13.9. The summed E-state index contributed by atoms with van der Waals surface area (Å²) >= 11 is 4.88. The van der Waals surface area contributed by atoms with Crippen LogP contribution < -0.4 is 5.32 Å². The quantitative estimate of drug-likeness (QED) is 0.816. The fourth-order valence-electron chi connectivity index (χ4n) is 1.94. The summed E-state index contributed by atoms with van der Waals surface area (Å²) in [5.41, 5.74) is -0.336. The highest BCUT2D eigenvalue weighted by Gasteiger charge is 2.37. The SMILES string of the molecule is O=C(CSc1ccc(Br)cc1)NC1(CO)CCC1. The van der Waals surface area contributed by atoms with Crippen molar-refractivity contribution in [3.05, 3.63) is 28.7 Å². The molecule has 0 atom stereocenters. The van der Waals surface area contributed by atoms with Crippen molar-refractivity contribution < 1.29 is 9.90 Å². The minimum atomic E-state index is -0.336. The Morgan fingerprint density at radius 1 is 1.39 bits per heavy atom. The Balaban J connectivity index is 1.79. The van der Waals surface area contributed by atoms with E-state index in [0.717, 1.165) is 28.6 Å². The fourth-order valence-corrected chi connectivity index (χ4v) is 2.90. The Morgan fingerprint density at radius 2 is 2.06 bits per heavy atom. The zero-order chi connectivity index (χ0) is 13.0. The highest BCUT2D eigenvalue weighted by atomic mass is 79.9. The summed E-state index contributed by atoms with van der Waals surface area (Å²) in [5, 5.41) is 12.2. The number of halogens is 1. The Bertz CT molecular complexity index is 412. The Kier molecular flexibility index (Phi) is 4.70. The van der Waals surface area contributed by atoms with Gasteiger partial charge in [0.25, 0.3) is 0 Å². The molecule has 0 aliphatic heterocycles. The highest BCUT2D eigenvalue weighted by molar-refractivity contribution is 9.10. The van der Waals surface area contributed by atoms with Crippen LogP contribution in [-0.4, -0.2) is 28.9 Å². The number of hydrogen-bond acceptors (Lipinski definition) is 3. The number of carbonyl (C=O) groups is 1. The number of rotatable bonds is 5. The number of thioether (sulfide) groups is 1. The van der Waals surface area contributed by atoms with Crippen molar-refractivity contribution in [3.8, 4) is 0 Å². The summed E-state index contributed by atoms with van der Waals surface area (Å²) in [6.07, 6.45) is 2.86. The lowest BCUT2D eigenvalue weighted by molar-refractivity contribution is -0.122. The molecule has 0 heterocycles. The van der Waals surface area contributed by atoms with Crippen molar-refractivity contribution >= 4 is 33.6 Å². The third-order valence-corrected chi connectivity index (χ3v) is 4.74. The van der Waals surface area contributed by atoms with E-state index in [2.05, 4.69) is 21.2 Å². The predicted octanol–water partition coefficient (Wildman–Crippen LogP) is 2.57. The van der Waals surface area contributed by atoms with Gasteiger partial charge < -0.3 is 10.4 Å². The van der Waals surface area contributed by atoms with Gasteiger partial charge in [-0.2, -0.15) is 0 Å². The molecule has 1 amide bonds. The standard InChI is InChI=1S/C13H16BrNO2S/c14-10-2-4-11(5-3-10)18-8-12(17)15-13(9-16)6-1-7-13/h2-5,16H,1,6-9H2,(H,15,17). The van der Waals surface area contributed by atoms with E-state index in [1.807, 2.05) is 24.3 Å². The van der Waals surface area contributed by atoms with Gasteiger partial charge in [-0.15, -0.1) is 11.8 Å². The van der Waals surface area contributed by atoms with Crippen LogP contribution in [0.1, 0.15) is 19.3 Å². The van der Waals surface area contributed by atoms with Crippen LogP contribution >= 0.6 is 27.7 Å². The first-order valence-electron chi connectivity index (χ1n) is 5.94. The van der Waals surface area contributed by atoms with Gasteiger partial charge in [0.1, 0.15) is 0 Å². The van der Waals surface area contributed by atoms with Crippen LogP contribution in [0.25, 0.3) is 0 Å². The van der Waals surface area contributed by atoms with Crippen LogP contribution in [0.2, 0.25) is 0 Å². The topological polar surface area (TPSA) is 49.3 Å². The maximum absolute atomic E-state index is 11.8. The molecule has 0 bridgehead atoms. The van der Waals surface area contributed by atoms with Gasteiger partial charge >= 0.3 is 0 Å².